The quantitative estimate of drug-likeness (QED) is 0.309. The third-order valence-corrected chi connectivity index (χ3v) is 6.23. The van der Waals surface area contributed by atoms with Crippen molar-refractivity contribution in [3.8, 4) is 11.5 Å². The Morgan fingerprint density at radius 3 is 2.35 bits per heavy atom. The number of ketones is 1. The molecule has 182 valence electrons. The van der Waals surface area contributed by atoms with E-state index in [1.165, 1.54) is 11.0 Å². The van der Waals surface area contributed by atoms with Crippen molar-refractivity contribution in [2.75, 3.05) is 32.8 Å². The average molecular weight is 467 g/mol. The van der Waals surface area contributed by atoms with Gasteiger partial charge in [-0.2, -0.15) is 0 Å². The van der Waals surface area contributed by atoms with E-state index in [4.69, 9.17) is 4.74 Å². The lowest BCUT2D eigenvalue weighted by molar-refractivity contribution is -0.140. The molecule has 0 spiro atoms. The van der Waals surface area contributed by atoms with Crippen LogP contribution in [0.4, 0.5) is 0 Å². The first-order valence-electron chi connectivity index (χ1n) is 11.9. The maximum Gasteiger partial charge on any atom is 0.295 e. The largest absolute Gasteiger partial charge is 0.507 e. The molecule has 7 heteroatoms. The molecule has 1 aliphatic heterocycles. The molecule has 2 aromatic rings. The monoisotopic (exact) mass is 466 g/mol. The number of hydrogen-bond donors (Lipinski definition) is 2. The van der Waals surface area contributed by atoms with E-state index in [0.717, 1.165) is 25.2 Å². The van der Waals surface area contributed by atoms with Crippen LogP contribution in [0.15, 0.2) is 48.0 Å². The number of benzene rings is 2. The van der Waals surface area contributed by atoms with Crippen molar-refractivity contribution < 1.29 is 24.5 Å². The zero-order valence-corrected chi connectivity index (χ0v) is 20.4. The van der Waals surface area contributed by atoms with Gasteiger partial charge in [0.2, 0.25) is 0 Å². The summed E-state index contributed by atoms with van der Waals surface area (Å²) in [6.07, 6.45) is 0.687. The Morgan fingerprint density at radius 2 is 1.74 bits per heavy atom. The van der Waals surface area contributed by atoms with E-state index in [9.17, 15) is 19.8 Å². The van der Waals surface area contributed by atoms with Gasteiger partial charge in [0.05, 0.1) is 18.2 Å². The average Bonchev–Trinajstić information content (AvgIpc) is 3.08. The van der Waals surface area contributed by atoms with Gasteiger partial charge in [-0.3, -0.25) is 9.59 Å². The summed E-state index contributed by atoms with van der Waals surface area (Å²) in [7, 11) is 0. The number of hydrogen-bond acceptors (Lipinski definition) is 6. The highest BCUT2D eigenvalue weighted by molar-refractivity contribution is 6.46. The number of phenols is 1. The van der Waals surface area contributed by atoms with E-state index in [1.54, 1.807) is 24.3 Å². The lowest BCUT2D eigenvalue weighted by Crippen LogP contribution is -2.33. The Morgan fingerprint density at radius 1 is 1.06 bits per heavy atom. The standard InChI is InChI=1S/C27H34N2O5/c1-5-28(6-2)15-8-16-29-24(20-13-14-21(30)22(17-20)34-7-3)23(26(32)27(29)33)25(31)19-11-9-18(4)10-12-19/h9-14,17,24,30-31H,5-8,15-16H2,1-4H3/b25-23+. The summed E-state index contributed by atoms with van der Waals surface area (Å²) in [5.74, 6) is -1.31. The lowest BCUT2D eigenvalue weighted by Gasteiger charge is -2.27. The Hall–Kier alpha value is -3.32. The fourth-order valence-corrected chi connectivity index (χ4v) is 4.30. The first-order chi connectivity index (χ1) is 16.3. The molecule has 0 bridgehead atoms. The molecule has 34 heavy (non-hydrogen) atoms. The molecular weight excluding hydrogens is 432 g/mol. The highest BCUT2D eigenvalue weighted by Gasteiger charge is 2.46. The third kappa shape index (κ3) is 5.25. The van der Waals surface area contributed by atoms with Crippen molar-refractivity contribution in [2.45, 2.75) is 40.2 Å². The number of rotatable bonds is 10. The maximum atomic E-state index is 13.2. The summed E-state index contributed by atoms with van der Waals surface area (Å²) in [5.41, 5.74) is 2.13. The normalized spacial score (nSPS) is 17.6. The molecule has 0 aromatic heterocycles. The number of aryl methyl sites for hydroxylation is 1. The van der Waals surface area contributed by atoms with Crippen LogP contribution in [0.1, 0.15) is 49.9 Å². The van der Waals surface area contributed by atoms with Gasteiger partial charge < -0.3 is 24.7 Å². The van der Waals surface area contributed by atoms with Gasteiger partial charge in [0, 0.05) is 12.1 Å². The van der Waals surface area contributed by atoms with Gasteiger partial charge >= 0.3 is 0 Å². The van der Waals surface area contributed by atoms with Gasteiger partial charge in [0.25, 0.3) is 11.7 Å². The van der Waals surface area contributed by atoms with Crippen molar-refractivity contribution in [3.05, 3.63) is 64.7 Å². The highest BCUT2D eigenvalue weighted by Crippen LogP contribution is 2.41. The van der Waals surface area contributed by atoms with Gasteiger partial charge in [0.15, 0.2) is 11.5 Å². The summed E-state index contributed by atoms with van der Waals surface area (Å²) in [5, 5.41) is 21.3. The van der Waals surface area contributed by atoms with Gasteiger partial charge in [-0.15, -0.1) is 0 Å². The highest BCUT2D eigenvalue weighted by atomic mass is 16.5. The van der Waals surface area contributed by atoms with E-state index in [-0.39, 0.29) is 22.8 Å². The summed E-state index contributed by atoms with van der Waals surface area (Å²) >= 11 is 0. The van der Waals surface area contributed by atoms with Crippen LogP contribution in [-0.2, 0) is 9.59 Å². The maximum absolute atomic E-state index is 13.2. The summed E-state index contributed by atoms with van der Waals surface area (Å²) in [4.78, 5) is 30.1. The van der Waals surface area contributed by atoms with Crippen LogP contribution in [0.5, 0.6) is 11.5 Å². The number of aromatic hydroxyl groups is 1. The lowest BCUT2D eigenvalue weighted by atomic mass is 9.94. The number of aliphatic hydroxyl groups is 1. The fraction of sp³-hybridized carbons (Fsp3) is 0.407. The summed E-state index contributed by atoms with van der Waals surface area (Å²) in [6, 6.07) is 11.2. The van der Waals surface area contributed by atoms with Crippen molar-refractivity contribution in [2.24, 2.45) is 0 Å². The molecule has 1 fully saturated rings. The fourth-order valence-electron chi connectivity index (χ4n) is 4.30. The van der Waals surface area contributed by atoms with Gasteiger partial charge in [-0.05, 0) is 57.6 Å². The molecule has 1 amide bonds. The molecule has 2 N–H and O–H groups in total. The number of ether oxygens (including phenoxy) is 1. The van der Waals surface area contributed by atoms with Crippen molar-refractivity contribution in [3.63, 3.8) is 0 Å². The Kier molecular flexibility index (Phi) is 8.34. The molecule has 0 aliphatic carbocycles. The van der Waals surface area contributed by atoms with E-state index in [2.05, 4.69) is 18.7 Å². The Balaban J connectivity index is 2.07. The molecule has 3 rings (SSSR count). The zero-order valence-electron chi connectivity index (χ0n) is 20.4. The number of aliphatic hydroxyl groups excluding tert-OH is 1. The second-order valence-corrected chi connectivity index (χ2v) is 8.40. The topological polar surface area (TPSA) is 90.3 Å². The zero-order chi connectivity index (χ0) is 24.8. The second-order valence-electron chi connectivity index (χ2n) is 8.40. The molecule has 1 saturated heterocycles. The molecule has 0 radical (unpaired) electrons. The van der Waals surface area contributed by atoms with Crippen molar-refractivity contribution >= 4 is 17.4 Å². The molecular formula is C27H34N2O5. The van der Waals surface area contributed by atoms with E-state index >= 15 is 0 Å². The van der Waals surface area contributed by atoms with E-state index < -0.39 is 17.7 Å². The van der Waals surface area contributed by atoms with Crippen LogP contribution in [-0.4, -0.2) is 64.5 Å². The van der Waals surface area contributed by atoms with Crippen LogP contribution >= 0.6 is 0 Å². The van der Waals surface area contributed by atoms with Crippen LogP contribution in [0.2, 0.25) is 0 Å². The minimum absolute atomic E-state index is 0.0254. The molecule has 1 atom stereocenters. The second kappa shape index (κ2) is 11.2. The number of amides is 1. The minimum atomic E-state index is -0.780. The number of nitrogens with zero attached hydrogens (tertiary/aromatic N) is 2. The number of carbonyl (C=O) groups excluding carboxylic acids is 2. The number of Topliss-reactive ketones (excluding diaryl/α,β-unsaturated/α-hetero) is 1. The number of phenolic OH excluding ortho intramolecular Hbond substituents is 1. The van der Waals surface area contributed by atoms with Gasteiger partial charge in [0.1, 0.15) is 5.76 Å². The van der Waals surface area contributed by atoms with Crippen LogP contribution in [0, 0.1) is 6.92 Å². The predicted molar refractivity (Wildman–Crippen MR) is 132 cm³/mol. The third-order valence-electron chi connectivity index (χ3n) is 6.23. The predicted octanol–water partition coefficient (Wildman–Crippen LogP) is 4.25. The van der Waals surface area contributed by atoms with E-state index in [1.807, 2.05) is 26.0 Å². The Bertz CT molecular complexity index is 1060. The molecule has 1 unspecified atom stereocenters. The Labute approximate surface area is 201 Å². The summed E-state index contributed by atoms with van der Waals surface area (Å²) in [6.45, 7) is 11.2. The number of likely N-dealkylation sites (tertiary alicyclic amines) is 1. The van der Waals surface area contributed by atoms with Gasteiger partial charge in [-0.1, -0.05) is 49.7 Å². The van der Waals surface area contributed by atoms with E-state index in [0.29, 0.717) is 30.7 Å². The molecule has 1 heterocycles. The van der Waals surface area contributed by atoms with Crippen LogP contribution < -0.4 is 4.74 Å². The van der Waals surface area contributed by atoms with Crippen molar-refractivity contribution in [1.82, 2.24) is 9.80 Å². The van der Waals surface area contributed by atoms with Crippen molar-refractivity contribution in [1.29, 1.82) is 0 Å². The molecule has 1 aliphatic rings. The first-order valence-corrected chi connectivity index (χ1v) is 11.9. The SMILES string of the molecule is CCOc1cc(C2/C(=C(\O)c3ccc(C)cc3)C(=O)C(=O)N2CCCN(CC)CC)ccc1O. The molecule has 7 nitrogen and oxygen atoms in total. The minimum Gasteiger partial charge on any atom is -0.507 e. The number of carbonyl (C=O) groups is 2. The summed E-state index contributed by atoms with van der Waals surface area (Å²) < 4.78 is 5.54. The van der Waals surface area contributed by atoms with Gasteiger partial charge in [-0.25, -0.2) is 0 Å². The molecule has 2 aromatic carbocycles. The van der Waals surface area contributed by atoms with Crippen LogP contribution in [0.25, 0.3) is 5.76 Å². The first kappa shape index (κ1) is 25.3. The molecule has 0 saturated carbocycles. The van der Waals surface area contributed by atoms with Crippen LogP contribution in [0.3, 0.4) is 0 Å². The smallest absolute Gasteiger partial charge is 0.295 e.